The van der Waals surface area contributed by atoms with E-state index in [1.807, 2.05) is 32.0 Å². The van der Waals surface area contributed by atoms with Gasteiger partial charge in [-0.1, -0.05) is 37.3 Å². The number of hydrogen-bond donors (Lipinski definition) is 0. The molecule has 0 unspecified atom stereocenters. The first-order valence-electron chi connectivity index (χ1n) is 5.94. The van der Waals surface area contributed by atoms with Crippen molar-refractivity contribution in [3.05, 3.63) is 35.9 Å². The minimum atomic E-state index is -0.0736. The van der Waals surface area contributed by atoms with E-state index in [-0.39, 0.29) is 11.9 Å². The molecule has 0 N–H and O–H groups in total. The van der Waals surface area contributed by atoms with Gasteiger partial charge in [0.05, 0.1) is 12.5 Å². The summed E-state index contributed by atoms with van der Waals surface area (Å²) >= 11 is 0. The third-order valence-corrected chi connectivity index (χ3v) is 2.63. The van der Waals surface area contributed by atoms with E-state index < -0.39 is 0 Å². The number of ether oxygens (including phenoxy) is 1. The minimum Gasteiger partial charge on any atom is -0.466 e. The molecule has 0 heterocycles. The first kappa shape index (κ1) is 12.8. The van der Waals surface area contributed by atoms with Crippen LogP contribution >= 0.6 is 0 Å². The van der Waals surface area contributed by atoms with Gasteiger partial charge in [-0.05, 0) is 31.7 Å². The summed E-state index contributed by atoms with van der Waals surface area (Å²) in [4.78, 5) is 11.4. The van der Waals surface area contributed by atoms with Gasteiger partial charge < -0.3 is 4.74 Å². The smallest absolute Gasteiger partial charge is 0.308 e. The van der Waals surface area contributed by atoms with Crippen molar-refractivity contribution in [2.45, 2.75) is 33.1 Å². The second-order valence-electron chi connectivity index (χ2n) is 4.03. The molecule has 0 aliphatic rings. The zero-order valence-electron chi connectivity index (χ0n) is 10.1. The largest absolute Gasteiger partial charge is 0.466 e. The number of hydrogen-bond acceptors (Lipinski definition) is 2. The van der Waals surface area contributed by atoms with Crippen molar-refractivity contribution in [3.63, 3.8) is 0 Å². The molecule has 88 valence electrons. The van der Waals surface area contributed by atoms with E-state index in [9.17, 15) is 4.79 Å². The lowest BCUT2D eigenvalue weighted by atomic mass is 10.0. The van der Waals surface area contributed by atoms with Crippen LogP contribution in [0.3, 0.4) is 0 Å². The van der Waals surface area contributed by atoms with Crippen LogP contribution in [0.1, 0.15) is 32.3 Å². The summed E-state index contributed by atoms with van der Waals surface area (Å²) in [5.74, 6) is -0.0563. The fourth-order valence-corrected chi connectivity index (χ4v) is 1.66. The van der Waals surface area contributed by atoms with E-state index in [1.54, 1.807) is 0 Å². The number of esters is 1. The lowest BCUT2D eigenvalue weighted by Crippen LogP contribution is -2.14. The van der Waals surface area contributed by atoms with Crippen LogP contribution in [0.15, 0.2) is 30.3 Å². The average molecular weight is 220 g/mol. The summed E-state index contributed by atoms with van der Waals surface area (Å²) in [6.45, 7) is 4.25. The Morgan fingerprint density at radius 3 is 2.62 bits per heavy atom. The summed E-state index contributed by atoms with van der Waals surface area (Å²) < 4.78 is 4.97. The van der Waals surface area contributed by atoms with Gasteiger partial charge in [0.15, 0.2) is 0 Å². The molecule has 0 aliphatic heterocycles. The van der Waals surface area contributed by atoms with E-state index in [2.05, 4.69) is 12.1 Å². The normalized spacial score (nSPS) is 12.1. The molecule has 0 radical (unpaired) electrons. The van der Waals surface area contributed by atoms with Crippen LogP contribution in [0.2, 0.25) is 0 Å². The number of benzene rings is 1. The molecule has 1 aromatic rings. The molecule has 16 heavy (non-hydrogen) atoms. The van der Waals surface area contributed by atoms with Crippen molar-refractivity contribution in [3.8, 4) is 0 Å². The Labute approximate surface area is 97.6 Å². The van der Waals surface area contributed by atoms with Gasteiger partial charge in [-0.3, -0.25) is 4.79 Å². The Hall–Kier alpha value is -1.31. The second kappa shape index (κ2) is 7.04. The third-order valence-electron chi connectivity index (χ3n) is 2.63. The quantitative estimate of drug-likeness (QED) is 0.688. The topological polar surface area (TPSA) is 26.3 Å². The first-order valence-corrected chi connectivity index (χ1v) is 5.94. The highest BCUT2D eigenvalue weighted by Crippen LogP contribution is 2.11. The first-order chi connectivity index (χ1) is 7.74. The lowest BCUT2D eigenvalue weighted by Gasteiger charge is -2.09. The zero-order chi connectivity index (χ0) is 11.8. The zero-order valence-corrected chi connectivity index (χ0v) is 10.1. The van der Waals surface area contributed by atoms with Gasteiger partial charge in [0, 0.05) is 0 Å². The van der Waals surface area contributed by atoms with Gasteiger partial charge in [-0.15, -0.1) is 0 Å². The number of rotatable bonds is 6. The SMILES string of the molecule is CCOC(=O)[C@H](C)CCCc1ccccc1. The molecule has 1 atom stereocenters. The van der Waals surface area contributed by atoms with Gasteiger partial charge in [-0.25, -0.2) is 0 Å². The molecule has 0 spiro atoms. The molecule has 0 fully saturated rings. The summed E-state index contributed by atoms with van der Waals surface area (Å²) in [6.07, 6.45) is 2.96. The third kappa shape index (κ3) is 4.47. The van der Waals surface area contributed by atoms with Crippen molar-refractivity contribution >= 4 is 5.97 Å². The van der Waals surface area contributed by atoms with Crippen molar-refractivity contribution in [1.29, 1.82) is 0 Å². The molecule has 2 heteroatoms. The summed E-state index contributed by atoms with van der Waals surface area (Å²) in [7, 11) is 0. The van der Waals surface area contributed by atoms with E-state index in [0.29, 0.717) is 6.61 Å². The molecular weight excluding hydrogens is 200 g/mol. The maximum absolute atomic E-state index is 11.4. The number of carbonyl (C=O) groups excluding carboxylic acids is 1. The Bertz CT molecular complexity index is 306. The maximum Gasteiger partial charge on any atom is 0.308 e. The van der Waals surface area contributed by atoms with Crippen LogP contribution in [-0.2, 0) is 16.0 Å². The van der Waals surface area contributed by atoms with Gasteiger partial charge in [-0.2, -0.15) is 0 Å². The fourth-order valence-electron chi connectivity index (χ4n) is 1.66. The predicted octanol–water partition coefficient (Wildman–Crippen LogP) is 3.21. The Morgan fingerprint density at radius 1 is 1.31 bits per heavy atom. The lowest BCUT2D eigenvalue weighted by molar-refractivity contribution is -0.147. The molecule has 0 amide bonds. The van der Waals surface area contributed by atoms with E-state index >= 15 is 0 Å². The molecule has 0 aromatic heterocycles. The second-order valence-corrected chi connectivity index (χ2v) is 4.03. The van der Waals surface area contributed by atoms with Crippen LogP contribution < -0.4 is 0 Å². The van der Waals surface area contributed by atoms with Crippen molar-refractivity contribution in [2.24, 2.45) is 5.92 Å². The maximum atomic E-state index is 11.4. The van der Waals surface area contributed by atoms with Crippen molar-refractivity contribution in [1.82, 2.24) is 0 Å². The standard InChI is InChI=1S/C14H20O2/c1-3-16-14(15)12(2)8-7-11-13-9-5-4-6-10-13/h4-6,9-10,12H,3,7-8,11H2,1-2H3/t12-/m1/s1. The molecule has 1 rings (SSSR count). The summed E-state index contributed by atoms with van der Waals surface area (Å²) in [6, 6.07) is 10.4. The molecule has 0 aliphatic carbocycles. The highest BCUT2D eigenvalue weighted by atomic mass is 16.5. The van der Waals surface area contributed by atoms with Crippen molar-refractivity contribution in [2.75, 3.05) is 6.61 Å². The van der Waals surface area contributed by atoms with Crippen LogP contribution in [0.4, 0.5) is 0 Å². The highest BCUT2D eigenvalue weighted by Gasteiger charge is 2.12. The molecular formula is C14H20O2. The van der Waals surface area contributed by atoms with Crippen LogP contribution in [0.5, 0.6) is 0 Å². The monoisotopic (exact) mass is 220 g/mol. The van der Waals surface area contributed by atoms with Crippen LogP contribution in [-0.4, -0.2) is 12.6 Å². The average Bonchev–Trinajstić information content (AvgIpc) is 2.30. The molecule has 1 aromatic carbocycles. The van der Waals surface area contributed by atoms with Gasteiger partial charge >= 0.3 is 5.97 Å². The highest BCUT2D eigenvalue weighted by molar-refractivity contribution is 5.71. The Balaban J connectivity index is 2.23. The van der Waals surface area contributed by atoms with E-state index in [1.165, 1.54) is 5.56 Å². The molecule has 0 saturated carbocycles. The summed E-state index contributed by atoms with van der Waals surface area (Å²) in [5.41, 5.74) is 1.33. The van der Waals surface area contributed by atoms with Crippen LogP contribution in [0, 0.1) is 5.92 Å². The van der Waals surface area contributed by atoms with E-state index in [4.69, 9.17) is 4.74 Å². The summed E-state index contributed by atoms with van der Waals surface area (Å²) in [5, 5.41) is 0. The van der Waals surface area contributed by atoms with Gasteiger partial charge in [0.2, 0.25) is 0 Å². The van der Waals surface area contributed by atoms with Gasteiger partial charge in [0.25, 0.3) is 0 Å². The Kier molecular flexibility index (Phi) is 5.62. The van der Waals surface area contributed by atoms with Gasteiger partial charge in [0.1, 0.15) is 0 Å². The Morgan fingerprint density at radius 2 is 2.00 bits per heavy atom. The molecule has 2 nitrogen and oxygen atoms in total. The number of aryl methyl sites for hydroxylation is 1. The molecule has 0 saturated heterocycles. The minimum absolute atomic E-state index is 0.0173. The van der Waals surface area contributed by atoms with E-state index in [0.717, 1.165) is 19.3 Å². The predicted molar refractivity (Wildman–Crippen MR) is 65.2 cm³/mol. The molecule has 0 bridgehead atoms. The number of carbonyl (C=O) groups is 1. The van der Waals surface area contributed by atoms with Crippen LogP contribution in [0.25, 0.3) is 0 Å². The fraction of sp³-hybridized carbons (Fsp3) is 0.500. The van der Waals surface area contributed by atoms with Crippen molar-refractivity contribution < 1.29 is 9.53 Å².